The van der Waals surface area contributed by atoms with Gasteiger partial charge >= 0.3 is 0 Å². The molecule has 0 saturated heterocycles. The minimum absolute atomic E-state index is 0.500. The van der Waals surface area contributed by atoms with Crippen LogP contribution in [0.25, 0.3) is 0 Å². The Bertz CT molecular complexity index is 96.8. The fraction of sp³-hybridized carbons (Fsp3) is 1.00. The fourth-order valence-corrected chi connectivity index (χ4v) is 2.39. The van der Waals surface area contributed by atoms with Crippen molar-refractivity contribution in [1.29, 1.82) is 0 Å². The molecule has 1 rings (SSSR count). The summed E-state index contributed by atoms with van der Waals surface area (Å²) in [5.41, 5.74) is 0. The summed E-state index contributed by atoms with van der Waals surface area (Å²) in [7, 11) is 0. The van der Waals surface area contributed by atoms with Crippen molar-refractivity contribution in [3.63, 3.8) is 0 Å². The lowest BCUT2D eigenvalue weighted by Crippen LogP contribution is -2.07. The van der Waals surface area contributed by atoms with Crippen LogP contribution in [0.15, 0.2) is 0 Å². The van der Waals surface area contributed by atoms with Crippen LogP contribution in [0.3, 0.4) is 0 Å². The molecule has 0 amide bonds. The average Bonchev–Trinajstić information content (AvgIpc) is 2.41. The Morgan fingerprint density at radius 3 is 0.857 bits per heavy atom. The summed E-state index contributed by atoms with van der Waals surface area (Å²) in [5.74, 6) is 4.68. The van der Waals surface area contributed by atoms with Gasteiger partial charge in [-0.3, -0.25) is 0 Å². The molecule has 0 aromatic heterocycles. The molecule has 1 aliphatic rings. The predicted molar refractivity (Wildman–Crippen MR) is 85.2 cm³/mol. The summed E-state index contributed by atoms with van der Waals surface area (Å²) in [6.45, 7) is 14.3. The van der Waals surface area contributed by atoms with Gasteiger partial charge in [0.1, 0.15) is 0 Å². The van der Waals surface area contributed by atoms with Crippen molar-refractivity contribution in [3.05, 3.63) is 0 Å². The molecule has 0 atom stereocenters. The van der Waals surface area contributed by atoms with E-state index in [2.05, 4.69) is 71.9 Å². The molecule has 1 saturated carbocycles. The van der Waals surface area contributed by atoms with Crippen LogP contribution in [-0.2, 0) is 0 Å². The molecule has 1 aliphatic carbocycles. The van der Waals surface area contributed by atoms with Gasteiger partial charge in [-0.1, -0.05) is 48.4 Å². The predicted octanol–water partition coefficient (Wildman–Crippen LogP) is 5.98. The standard InChI is InChI=1S/C10H20.C2H6.I2/c1-6-7(2)9(4)10(5)8(6)3;2*1-2/h6-10H,1-5H3;1-2H3;/i;1T;. The van der Waals surface area contributed by atoms with Crippen molar-refractivity contribution in [2.24, 2.45) is 29.6 Å². The highest BCUT2D eigenvalue weighted by Gasteiger charge is 2.38. The highest BCUT2D eigenvalue weighted by Crippen LogP contribution is 2.44. The fourth-order valence-electron chi connectivity index (χ4n) is 2.39. The van der Waals surface area contributed by atoms with Gasteiger partial charge in [0.25, 0.3) is 0 Å². The minimum atomic E-state index is 0.500. The van der Waals surface area contributed by atoms with E-state index in [0.29, 0.717) is 6.90 Å². The van der Waals surface area contributed by atoms with Gasteiger partial charge in [-0.15, -0.1) is 0 Å². The van der Waals surface area contributed by atoms with Gasteiger partial charge in [-0.25, -0.2) is 0 Å². The average molecular weight is 426 g/mol. The van der Waals surface area contributed by atoms with Crippen LogP contribution in [0, 0.1) is 29.6 Å². The largest absolute Gasteiger partial charge is 0.0683 e. The first kappa shape index (κ1) is 15.5. The van der Waals surface area contributed by atoms with Crippen molar-refractivity contribution in [1.82, 2.24) is 0 Å². The first-order valence-electron chi connectivity index (χ1n) is 6.11. The van der Waals surface area contributed by atoms with Crippen LogP contribution >= 0.6 is 37.2 Å². The van der Waals surface area contributed by atoms with Gasteiger partial charge in [-0.2, -0.15) is 0 Å². The second-order valence-electron chi connectivity index (χ2n) is 4.30. The van der Waals surface area contributed by atoms with Gasteiger partial charge in [0.2, 0.25) is 0 Å². The third-order valence-corrected chi connectivity index (χ3v) is 4.15. The lowest BCUT2D eigenvalue weighted by atomic mass is 9.92. The molecular weight excluding hydrogens is 398 g/mol. The molecule has 0 aromatic carbocycles. The second kappa shape index (κ2) is 9.67. The minimum Gasteiger partial charge on any atom is -0.0683 e. The van der Waals surface area contributed by atoms with E-state index in [1.54, 1.807) is 6.92 Å². The van der Waals surface area contributed by atoms with Crippen LogP contribution in [-0.4, -0.2) is 0 Å². The van der Waals surface area contributed by atoms with Crippen LogP contribution in [0.5, 0.6) is 0 Å². The van der Waals surface area contributed by atoms with Crippen LogP contribution in [0.2, 0.25) is 0 Å². The number of halogens is 2. The molecule has 0 spiro atoms. The van der Waals surface area contributed by atoms with Gasteiger partial charge in [-0.05, 0) is 29.6 Å². The molecule has 0 bridgehead atoms. The first-order valence-corrected chi connectivity index (χ1v) is 11.7. The second-order valence-corrected chi connectivity index (χ2v) is 4.30. The number of rotatable bonds is 0. The van der Waals surface area contributed by atoms with Crippen molar-refractivity contribution < 1.29 is 1.37 Å². The first-order chi connectivity index (χ1) is 6.97. The molecule has 0 N–H and O–H groups in total. The maximum atomic E-state index is 6.21. The van der Waals surface area contributed by atoms with Gasteiger partial charge < -0.3 is 0 Å². The van der Waals surface area contributed by atoms with Gasteiger partial charge in [0, 0.05) is 38.6 Å². The zero-order valence-corrected chi connectivity index (χ0v) is 14.7. The topological polar surface area (TPSA) is 0 Å². The van der Waals surface area contributed by atoms with Crippen molar-refractivity contribution >= 4 is 37.2 Å². The van der Waals surface area contributed by atoms with Crippen molar-refractivity contribution in [2.75, 3.05) is 0 Å². The SMILES string of the molecule is CC1C(C)C(C)C(C)C1C.II.[3H]CC. The molecule has 88 valence electrons. The number of hydrogen-bond donors (Lipinski definition) is 0. The molecule has 0 aromatic rings. The summed E-state index contributed by atoms with van der Waals surface area (Å²) >= 11 is 4.24. The normalized spacial score (nSPS) is 41.4. The summed E-state index contributed by atoms with van der Waals surface area (Å²) in [4.78, 5) is 0. The van der Waals surface area contributed by atoms with Gasteiger partial charge in [0.05, 0.1) is 0 Å². The van der Waals surface area contributed by atoms with Gasteiger partial charge in [0.15, 0.2) is 0 Å². The summed E-state index contributed by atoms with van der Waals surface area (Å²) in [6.07, 6.45) is 0. The lowest BCUT2D eigenvalue weighted by molar-refractivity contribution is 0.352. The smallest absolute Gasteiger partial charge is 0.0228 e. The van der Waals surface area contributed by atoms with Crippen LogP contribution < -0.4 is 0 Å². The third kappa shape index (κ3) is 4.54. The summed E-state index contributed by atoms with van der Waals surface area (Å²) in [6, 6.07) is 0. The van der Waals surface area contributed by atoms with Crippen molar-refractivity contribution in [3.8, 4) is 0 Å². The molecule has 0 aliphatic heterocycles. The Morgan fingerprint density at radius 2 is 0.786 bits per heavy atom. The van der Waals surface area contributed by atoms with Crippen molar-refractivity contribution in [2.45, 2.75) is 48.4 Å². The Hall–Kier alpha value is 1.46. The van der Waals surface area contributed by atoms with Crippen LogP contribution in [0.1, 0.15) is 49.8 Å². The Labute approximate surface area is 116 Å². The van der Waals surface area contributed by atoms with E-state index < -0.39 is 0 Å². The Morgan fingerprint density at radius 1 is 0.714 bits per heavy atom. The summed E-state index contributed by atoms with van der Waals surface area (Å²) < 4.78 is 6.21. The molecule has 14 heavy (non-hydrogen) atoms. The molecule has 0 radical (unpaired) electrons. The van der Waals surface area contributed by atoms with Crippen LogP contribution in [0.4, 0.5) is 0 Å². The summed E-state index contributed by atoms with van der Waals surface area (Å²) in [5, 5.41) is 0. The molecular formula is C12H26I2. The zero-order valence-electron chi connectivity index (χ0n) is 11.3. The monoisotopic (exact) mass is 426 g/mol. The molecule has 0 nitrogen and oxygen atoms in total. The molecule has 1 fully saturated rings. The maximum absolute atomic E-state index is 6.21. The highest BCUT2D eigenvalue weighted by molar-refractivity contribution is 15.0. The third-order valence-electron chi connectivity index (χ3n) is 4.15. The van der Waals surface area contributed by atoms with E-state index in [-0.39, 0.29) is 0 Å². The van der Waals surface area contributed by atoms with E-state index >= 15 is 0 Å². The number of hydrogen-bond acceptors (Lipinski definition) is 0. The molecule has 0 heterocycles. The highest BCUT2D eigenvalue weighted by atomic mass is 128. The quantitative estimate of drug-likeness (QED) is 0.419. The van der Waals surface area contributed by atoms with E-state index in [0.717, 1.165) is 29.6 Å². The van der Waals surface area contributed by atoms with E-state index in [9.17, 15) is 0 Å². The zero-order chi connectivity index (χ0) is 12.6. The lowest BCUT2D eigenvalue weighted by Gasteiger charge is -2.14. The van der Waals surface area contributed by atoms with E-state index in [1.165, 1.54) is 0 Å². The van der Waals surface area contributed by atoms with E-state index in [1.807, 2.05) is 0 Å². The maximum Gasteiger partial charge on any atom is 0.0228 e. The Kier molecular flexibility index (Phi) is 10.7. The molecule has 2 heteroatoms. The Balaban J connectivity index is 0. The van der Waals surface area contributed by atoms with E-state index in [4.69, 9.17) is 1.37 Å². The molecule has 0 unspecified atom stereocenters.